The first-order chi connectivity index (χ1) is 7.17. The van der Waals surface area contributed by atoms with Gasteiger partial charge in [-0.05, 0) is 30.2 Å². The quantitative estimate of drug-likeness (QED) is 0.730. The maximum Gasteiger partial charge on any atom is 0.103 e. The van der Waals surface area contributed by atoms with Crippen molar-refractivity contribution in [1.29, 1.82) is 5.26 Å². The van der Waals surface area contributed by atoms with E-state index in [4.69, 9.17) is 5.26 Å². The van der Waals surface area contributed by atoms with Crippen molar-refractivity contribution >= 4 is 6.08 Å². The maximum absolute atomic E-state index is 13.5. The average Bonchev–Trinajstić information content (AvgIpc) is 2.29. The molecule has 0 saturated heterocycles. The first-order valence-corrected chi connectivity index (χ1v) is 5.04. The van der Waals surface area contributed by atoms with Crippen LogP contribution in [0.25, 0.3) is 6.08 Å². The SMILES string of the molecule is CCC(C)/C(F)=C/c1ccc(C#N)cc1. The van der Waals surface area contributed by atoms with Gasteiger partial charge in [0.15, 0.2) is 0 Å². The molecule has 15 heavy (non-hydrogen) atoms. The lowest BCUT2D eigenvalue weighted by Gasteiger charge is -2.04. The number of rotatable bonds is 3. The molecule has 0 amide bonds. The zero-order chi connectivity index (χ0) is 11.3. The molecule has 1 atom stereocenters. The van der Waals surface area contributed by atoms with Crippen molar-refractivity contribution in [3.8, 4) is 6.07 Å². The zero-order valence-electron chi connectivity index (χ0n) is 9.00. The van der Waals surface area contributed by atoms with E-state index in [1.54, 1.807) is 24.3 Å². The van der Waals surface area contributed by atoms with E-state index in [1.165, 1.54) is 6.08 Å². The first kappa shape index (κ1) is 11.5. The Bertz CT molecular complexity index is 384. The van der Waals surface area contributed by atoms with Crippen molar-refractivity contribution in [2.75, 3.05) is 0 Å². The lowest BCUT2D eigenvalue weighted by Crippen LogP contribution is -1.91. The fourth-order valence-corrected chi connectivity index (χ4v) is 1.15. The third kappa shape index (κ3) is 3.21. The fraction of sp³-hybridized carbons (Fsp3) is 0.308. The van der Waals surface area contributed by atoms with Crippen LogP contribution >= 0.6 is 0 Å². The number of hydrogen-bond acceptors (Lipinski definition) is 1. The standard InChI is InChI=1S/C13H14FN/c1-3-10(2)13(14)8-11-4-6-12(9-15)7-5-11/h4-8,10H,3H2,1-2H3/b13-8-. The zero-order valence-corrected chi connectivity index (χ0v) is 9.00. The Morgan fingerprint density at radius 3 is 2.53 bits per heavy atom. The van der Waals surface area contributed by atoms with Gasteiger partial charge in [0.2, 0.25) is 0 Å². The normalized spacial score (nSPS) is 13.3. The smallest absolute Gasteiger partial charge is 0.103 e. The van der Waals surface area contributed by atoms with Crippen LogP contribution in [-0.2, 0) is 0 Å². The van der Waals surface area contributed by atoms with Crippen LogP contribution in [0.2, 0.25) is 0 Å². The van der Waals surface area contributed by atoms with Crippen LogP contribution < -0.4 is 0 Å². The van der Waals surface area contributed by atoms with Gasteiger partial charge in [0, 0.05) is 5.92 Å². The van der Waals surface area contributed by atoms with E-state index in [9.17, 15) is 4.39 Å². The van der Waals surface area contributed by atoms with E-state index < -0.39 is 0 Å². The minimum absolute atomic E-state index is 0.0411. The maximum atomic E-state index is 13.5. The van der Waals surface area contributed by atoms with Gasteiger partial charge in [0.25, 0.3) is 0 Å². The van der Waals surface area contributed by atoms with E-state index >= 15 is 0 Å². The lowest BCUT2D eigenvalue weighted by atomic mass is 10.0. The summed E-state index contributed by atoms with van der Waals surface area (Å²) in [7, 11) is 0. The second-order valence-electron chi connectivity index (χ2n) is 3.57. The van der Waals surface area contributed by atoms with Crippen molar-refractivity contribution in [3.63, 3.8) is 0 Å². The Labute approximate surface area is 89.9 Å². The summed E-state index contributed by atoms with van der Waals surface area (Å²) in [6.45, 7) is 3.81. The van der Waals surface area contributed by atoms with Gasteiger partial charge in [-0.2, -0.15) is 5.26 Å². The summed E-state index contributed by atoms with van der Waals surface area (Å²) in [4.78, 5) is 0. The van der Waals surface area contributed by atoms with Gasteiger partial charge in [-0.1, -0.05) is 26.0 Å². The number of nitrogens with zero attached hydrogens (tertiary/aromatic N) is 1. The molecule has 0 heterocycles. The Hall–Kier alpha value is -1.62. The van der Waals surface area contributed by atoms with Crippen LogP contribution in [-0.4, -0.2) is 0 Å². The Morgan fingerprint density at radius 1 is 1.47 bits per heavy atom. The Morgan fingerprint density at radius 2 is 2.07 bits per heavy atom. The van der Waals surface area contributed by atoms with Crippen molar-refractivity contribution in [1.82, 2.24) is 0 Å². The van der Waals surface area contributed by atoms with Gasteiger partial charge >= 0.3 is 0 Å². The second-order valence-corrected chi connectivity index (χ2v) is 3.57. The summed E-state index contributed by atoms with van der Waals surface area (Å²) in [5, 5.41) is 8.60. The van der Waals surface area contributed by atoms with Crippen molar-refractivity contribution in [3.05, 3.63) is 41.2 Å². The third-order valence-corrected chi connectivity index (χ3v) is 2.43. The molecule has 2 heteroatoms. The van der Waals surface area contributed by atoms with Crippen LogP contribution in [0.1, 0.15) is 31.4 Å². The highest BCUT2D eigenvalue weighted by Gasteiger charge is 2.04. The molecule has 0 aliphatic carbocycles. The van der Waals surface area contributed by atoms with Crippen LogP contribution in [0.15, 0.2) is 30.1 Å². The molecule has 0 aliphatic rings. The number of benzene rings is 1. The fourth-order valence-electron chi connectivity index (χ4n) is 1.15. The van der Waals surface area contributed by atoms with Gasteiger partial charge in [0.05, 0.1) is 11.6 Å². The molecule has 0 saturated carbocycles. The monoisotopic (exact) mass is 203 g/mol. The molecule has 1 rings (SSSR count). The van der Waals surface area contributed by atoms with Crippen molar-refractivity contribution in [2.24, 2.45) is 5.92 Å². The van der Waals surface area contributed by atoms with Gasteiger partial charge in [-0.25, -0.2) is 4.39 Å². The molecule has 0 radical (unpaired) electrons. The van der Waals surface area contributed by atoms with Crippen LogP contribution in [0.4, 0.5) is 4.39 Å². The van der Waals surface area contributed by atoms with Crippen molar-refractivity contribution in [2.45, 2.75) is 20.3 Å². The number of allylic oxidation sites excluding steroid dienone is 1. The molecule has 1 aromatic rings. The van der Waals surface area contributed by atoms with Gasteiger partial charge in [-0.3, -0.25) is 0 Å². The van der Waals surface area contributed by atoms with E-state index in [0.29, 0.717) is 5.56 Å². The van der Waals surface area contributed by atoms with Gasteiger partial charge in [-0.15, -0.1) is 0 Å². The highest BCUT2D eigenvalue weighted by molar-refractivity contribution is 5.52. The molecule has 0 aromatic heterocycles. The molecule has 1 aromatic carbocycles. The van der Waals surface area contributed by atoms with E-state index in [1.807, 2.05) is 19.9 Å². The van der Waals surface area contributed by atoms with Crippen LogP contribution in [0.5, 0.6) is 0 Å². The summed E-state index contributed by atoms with van der Waals surface area (Å²) in [5.41, 5.74) is 1.39. The average molecular weight is 203 g/mol. The highest BCUT2D eigenvalue weighted by Crippen LogP contribution is 2.19. The topological polar surface area (TPSA) is 23.8 Å². The number of nitriles is 1. The van der Waals surface area contributed by atoms with E-state index in [-0.39, 0.29) is 11.7 Å². The molecular formula is C13H14FN. The number of halogens is 1. The minimum Gasteiger partial charge on any atom is -0.212 e. The first-order valence-electron chi connectivity index (χ1n) is 5.04. The highest BCUT2D eigenvalue weighted by atomic mass is 19.1. The predicted molar refractivity (Wildman–Crippen MR) is 59.7 cm³/mol. The Balaban J connectivity index is 2.85. The minimum atomic E-state index is -0.109. The molecule has 1 nitrogen and oxygen atoms in total. The van der Waals surface area contributed by atoms with Crippen LogP contribution in [0, 0.1) is 17.2 Å². The number of hydrogen-bond donors (Lipinski definition) is 0. The molecule has 0 bridgehead atoms. The van der Waals surface area contributed by atoms with Gasteiger partial charge < -0.3 is 0 Å². The molecule has 0 N–H and O–H groups in total. The lowest BCUT2D eigenvalue weighted by molar-refractivity contribution is 0.489. The van der Waals surface area contributed by atoms with Gasteiger partial charge in [0.1, 0.15) is 5.83 Å². The van der Waals surface area contributed by atoms with E-state index in [2.05, 4.69) is 0 Å². The second kappa shape index (κ2) is 5.31. The largest absolute Gasteiger partial charge is 0.212 e. The molecular weight excluding hydrogens is 189 g/mol. The molecule has 78 valence electrons. The molecule has 1 unspecified atom stereocenters. The summed E-state index contributed by atoms with van der Waals surface area (Å²) in [6.07, 6.45) is 2.31. The predicted octanol–water partition coefficient (Wildman–Crippen LogP) is 3.91. The molecule has 0 aliphatic heterocycles. The third-order valence-electron chi connectivity index (χ3n) is 2.43. The molecule has 0 spiro atoms. The summed E-state index contributed by atoms with van der Waals surface area (Å²) in [6, 6.07) is 8.91. The molecule has 0 fully saturated rings. The van der Waals surface area contributed by atoms with E-state index in [0.717, 1.165) is 12.0 Å². The summed E-state index contributed by atoms with van der Waals surface area (Å²) >= 11 is 0. The van der Waals surface area contributed by atoms with Crippen LogP contribution in [0.3, 0.4) is 0 Å². The summed E-state index contributed by atoms with van der Waals surface area (Å²) < 4.78 is 13.5. The Kier molecular flexibility index (Phi) is 4.05. The summed E-state index contributed by atoms with van der Waals surface area (Å²) in [5.74, 6) is -0.150. The van der Waals surface area contributed by atoms with Crippen molar-refractivity contribution < 1.29 is 4.39 Å².